The van der Waals surface area contributed by atoms with E-state index in [1.165, 1.54) is 12.1 Å². The first-order valence-electron chi connectivity index (χ1n) is 26.8. The molecule has 2 aliphatic heterocycles. The van der Waals surface area contributed by atoms with Crippen LogP contribution < -0.4 is 26.0 Å². The SMILES string of the molecule is C.COCC[C@@H]1C[C@@H](NC(=O)Cc2c(C)c(-c3ccc(OC)nc3)nn2-c2ccccc2)[C@H](c2cc(C)cc(F)c2)N1.COCC[C@@H]1C[C@@H](NC(=O)Nc2c(C)c(-c3cnn(C)c3)nn2-c2ccccc2)[C@H](c2cccc(F)c2)N1C. The number of likely N-dealkylation sites (N-methyl/N-ethyl adjacent to an activating group) is 1. The minimum absolute atomic E-state index is 0. The molecule has 0 saturated carbocycles. The zero-order valence-corrected chi connectivity index (χ0v) is 46.5. The fraction of sp³-hybridized carbons (Fsp3) is 0.355. The standard InChI is InChI=1S/C32H36FN5O3.C29H34FN7O2.CH4/c1-20-14-23(16-24(33)15-20)32-27(17-25(35-32)12-13-40-3)36-29(39)18-28-21(2)31(22-10-11-30(41-4)34-19-22)37-38(28)26-8-6-5-7-9-26;1-19-26(21-17-31-35(2)18-21)34-37(23-11-6-5-7-12-23)28(19)33-29(38)32-25-16-24(13-14-39-4)36(3)27(25)20-9-8-10-22(30)15-20;/h5-11,14-16,19,25,27,32,35H,12-13,17-18H2,1-4H3,(H,36,39);5-12,15,17-18,24-25,27H,13-14,16H2,1-4H3,(H2,32,33,38);1H4/t25-,27-,32+;24-,25-,27+;/m11./s1. The predicted molar refractivity (Wildman–Crippen MR) is 311 cm³/mol. The summed E-state index contributed by atoms with van der Waals surface area (Å²) < 4.78 is 49.6. The molecule has 6 heterocycles. The molecule has 4 N–H and O–H groups in total. The first-order valence-corrected chi connectivity index (χ1v) is 26.8. The van der Waals surface area contributed by atoms with E-state index >= 15 is 0 Å². The Morgan fingerprint density at radius 2 is 1.38 bits per heavy atom. The molecule has 0 unspecified atom stereocenters. The van der Waals surface area contributed by atoms with Crippen LogP contribution in [-0.4, -0.2) is 117 Å². The molecule has 8 aromatic rings. The van der Waals surface area contributed by atoms with Crippen molar-refractivity contribution >= 4 is 17.8 Å². The van der Waals surface area contributed by atoms with Gasteiger partial charge >= 0.3 is 6.03 Å². The summed E-state index contributed by atoms with van der Waals surface area (Å²) in [5.74, 6) is 0.388. The molecular weight excluding hydrogens is 1030 g/mol. The van der Waals surface area contributed by atoms with Crippen LogP contribution in [0.2, 0.25) is 0 Å². The van der Waals surface area contributed by atoms with Crippen molar-refractivity contribution in [1.82, 2.24) is 55.2 Å². The molecule has 4 aromatic carbocycles. The van der Waals surface area contributed by atoms with Crippen LogP contribution in [0.3, 0.4) is 0 Å². The maximum absolute atomic E-state index is 14.3. The highest BCUT2D eigenvalue weighted by molar-refractivity contribution is 5.91. The highest BCUT2D eigenvalue weighted by atomic mass is 19.1. The van der Waals surface area contributed by atoms with Crippen LogP contribution in [0, 0.1) is 32.4 Å². The lowest BCUT2D eigenvalue weighted by Crippen LogP contribution is -2.41. The van der Waals surface area contributed by atoms with E-state index in [2.05, 4.69) is 36.2 Å². The first-order chi connectivity index (χ1) is 38.7. The summed E-state index contributed by atoms with van der Waals surface area (Å²) in [5.41, 5.74) is 9.88. The molecule has 0 aliphatic carbocycles. The monoisotopic (exact) mass is 1100 g/mol. The number of nitrogens with zero attached hydrogens (tertiary/aromatic N) is 8. The van der Waals surface area contributed by atoms with E-state index in [1.807, 2.05) is 125 Å². The molecule has 81 heavy (non-hydrogen) atoms. The molecule has 4 aromatic heterocycles. The van der Waals surface area contributed by atoms with Crippen molar-refractivity contribution < 1.29 is 32.6 Å². The largest absolute Gasteiger partial charge is 0.481 e. The zero-order chi connectivity index (χ0) is 56.5. The number of rotatable bonds is 18. The van der Waals surface area contributed by atoms with Crippen LogP contribution in [0.1, 0.15) is 78.7 Å². The lowest BCUT2D eigenvalue weighted by molar-refractivity contribution is -0.121. The van der Waals surface area contributed by atoms with E-state index in [4.69, 9.17) is 24.4 Å². The number of amides is 3. The van der Waals surface area contributed by atoms with Gasteiger partial charge in [-0.15, -0.1) is 0 Å². The molecule has 17 nitrogen and oxygen atoms in total. The maximum atomic E-state index is 14.3. The number of carbonyl (C=O) groups excluding carboxylic acids is 2. The minimum Gasteiger partial charge on any atom is -0.481 e. The number of carbonyl (C=O) groups is 2. The summed E-state index contributed by atoms with van der Waals surface area (Å²) in [5, 5.41) is 27.1. The van der Waals surface area contributed by atoms with Gasteiger partial charge in [-0.1, -0.05) is 62.0 Å². The number of hydrogen-bond donors (Lipinski definition) is 4. The third kappa shape index (κ3) is 13.9. The van der Waals surface area contributed by atoms with Gasteiger partial charge in [-0.25, -0.2) is 27.9 Å². The van der Waals surface area contributed by atoms with E-state index in [0.29, 0.717) is 31.3 Å². The van der Waals surface area contributed by atoms with Crippen LogP contribution in [0.4, 0.5) is 19.4 Å². The molecular formula is C62H74F2N12O5. The lowest BCUT2D eigenvalue weighted by Gasteiger charge is -2.28. The summed E-state index contributed by atoms with van der Waals surface area (Å²) in [7, 11) is 8.81. The Morgan fingerprint density at radius 3 is 2.02 bits per heavy atom. The van der Waals surface area contributed by atoms with E-state index in [9.17, 15) is 18.4 Å². The van der Waals surface area contributed by atoms with Crippen LogP contribution in [0.15, 0.2) is 134 Å². The molecule has 3 amide bonds. The van der Waals surface area contributed by atoms with E-state index in [0.717, 1.165) is 86.7 Å². The molecule has 0 radical (unpaired) electrons. The molecule has 426 valence electrons. The highest BCUT2D eigenvalue weighted by Crippen LogP contribution is 2.38. The molecule has 2 fully saturated rings. The Morgan fingerprint density at radius 1 is 0.704 bits per heavy atom. The van der Waals surface area contributed by atoms with Crippen molar-refractivity contribution in [1.29, 1.82) is 0 Å². The Balaban J connectivity index is 0.000000210. The van der Waals surface area contributed by atoms with Crippen molar-refractivity contribution in [2.75, 3.05) is 46.9 Å². The van der Waals surface area contributed by atoms with Crippen molar-refractivity contribution in [3.63, 3.8) is 0 Å². The number of likely N-dealkylation sites (tertiary alicyclic amines) is 1. The van der Waals surface area contributed by atoms with Crippen LogP contribution in [0.5, 0.6) is 5.88 Å². The van der Waals surface area contributed by atoms with Gasteiger partial charge in [0.2, 0.25) is 11.8 Å². The molecule has 2 aliphatic rings. The van der Waals surface area contributed by atoms with E-state index in [1.54, 1.807) is 67.4 Å². The fourth-order valence-corrected chi connectivity index (χ4v) is 11.1. The van der Waals surface area contributed by atoms with Gasteiger partial charge in [0.15, 0.2) is 0 Å². The highest BCUT2D eigenvalue weighted by Gasteiger charge is 2.41. The third-order valence-electron chi connectivity index (χ3n) is 15.0. The summed E-state index contributed by atoms with van der Waals surface area (Å²) in [6, 6.07) is 33.9. The van der Waals surface area contributed by atoms with Gasteiger partial charge in [-0.2, -0.15) is 15.3 Å². The first kappa shape index (κ1) is 59.0. The normalized spacial score (nSPS) is 18.6. The van der Waals surface area contributed by atoms with Gasteiger partial charge in [0.25, 0.3) is 0 Å². The number of para-hydroxylation sites is 2. The molecule has 10 rings (SSSR count). The molecule has 2 saturated heterocycles. The van der Waals surface area contributed by atoms with Crippen molar-refractivity contribution in [2.45, 2.75) is 96.6 Å². The van der Waals surface area contributed by atoms with Crippen molar-refractivity contribution in [2.24, 2.45) is 7.05 Å². The number of anilines is 1. The average Bonchev–Trinajstić information content (AvgIpc) is 4.46. The van der Waals surface area contributed by atoms with E-state index < -0.39 is 0 Å². The number of pyridine rings is 1. The number of hydrogen-bond acceptors (Lipinski definition) is 11. The van der Waals surface area contributed by atoms with Crippen molar-refractivity contribution in [3.8, 4) is 39.8 Å². The molecule has 6 atom stereocenters. The summed E-state index contributed by atoms with van der Waals surface area (Å²) in [6.45, 7) is 7.00. The fourth-order valence-electron chi connectivity index (χ4n) is 11.1. The quantitative estimate of drug-likeness (QED) is 0.0643. The second kappa shape index (κ2) is 26.9. The second-order valence-corrected chi connectivity index (χ2v) is 20.5. The number of ether oxygens (including phenoxy) is 3. The Labute approximate surface area is 473 Å². The Hall–Kier alpha value is -8.10. The van der Waals surface area contributed by atoms with Crippen LogP contribution in [-0.2, 0) is 27.7 Å². The van der Waals surface area contributed by atoms with Gasteiger partial charge in [0.1, 0.15) is 23.1 Å². The smallest absolute Gasteiger partial charge is 0.320 e. The third-order valence-corrected chi connectivity index (χ3v) is 15.0. The molecule has 19 heteroatoms. The second-order valence-electron chi connectivity index (χ2n) is 20.5. The Bertz CT molecular complexity index is 3350. The number of aromatic nitrogens is 7. The number of nitrogens with one attached hydrogen (secondary N) is 4. The lowest BCUT2D eigenvalue weighted by atomic mass is 9.98. The summed E-state index contributed by atoms with van der Waals surface area (Å²) >= 11 is 0. The molecule has 0 bridgehead atoms. The number of methoxy groups -OCH3 is 3. The number of halogens is 2. The Kier molecular flexibility index (Phi) is 19.6. The minimum atomic E-state index is -0.347. The van der Waals surface area contributed by atoms with Gasteiger partial charge < -0.3 is 30.2 Å². The number of benzene rings is 4. The topological polar surface area (TPSA) is 180 Å². The summed E-state index contributed by atoms with van der Waals surface area (Å²) in [4.78, 5) is 33.7. The zero-order valence-electron chi connectivity index (χ0n) is 46.5. The maximum Gasteiger partial charge on any atom is 0.320 e. The van der Waals surface area contributed by atoms with Crippen LogP contribution >= 0.6 is 0 Å². The van der Waals surface area contributed by atoms with Gasteiger partial charge in [-0.3, -0.25) is 19.7 Å². The number of urea groups is 1. The van der Waals surface area contributed by atoms with E-state index in [-0.39, 0.29) is 73.7 Å². The van der Waals surface area contributed by atoms with Gasteiger partial charge in [0.05, 0.1) is 60.6 Å². The molecule has 0 spiro atoms. The summed E-state index contributed by atoms with van der Waals surface area (Å²) in [6.07, 6.45) is 8.55. The average molecular weight is 1110 g/mol. The number of aryl methyl sites for hydroxylation is 2. The van der Waals surface area contributed by atoms with Crippen molar-refractivity contribution in [3.05, 3.63) is 179 Å². The van der Waals surface area contributed by atoms with Crippen LogP contribution in [0.25, 0.3) is 33.9 Å². The van der Waals surface area contributed by atoms with Gasteiger partial charge in [-0.05, 0) is 130 Å². The van der Waals surface area contributed by atoms with Gasteiger partial charge in [0, 0.05) is 87.8 Å². The predicted octanol–water partition coefficient (Wildman–Crippen LogP) is 10.2.